The summed E-state index contributed by atoms with van der Waals surface area (Å²) in [5, 5.41) is 18.3. The number of ether oxygens (including phenoxy) is 1. The van der Waals surface area contributed by atoms with Crippen LogP contribution in [-0.2, 0) is 4.74 Å². The highest BCUT2D eigenvalue weighted by molar-refractivity contribution is 5.95. The van der Waals surface area contributed by atoms with Crippen molar-refractivity contribution in [1.82, 2.24) is 4.90 Å². The quantitative estimate of drug-likeness (QED) is 0.873. The minimum absolute atomic E-state index is 0.0389. The summed E-state index contributed by atoms with van der Waals surface area (Å²) in [6, 6.07) is 5.67. The first kappa shape index (κ1) is 14.0. The van der Waals surface area contributed by atoms with E-state index < -0.39 is 17.1 Å². The van der Waals surface area contributed by atoms with E-state index in [1.807, 2.05) is 6.07 Å². The summed E-state index contributed by atoms with van der Waals surface area (Å²) >= 11 is 0. The molecule has 0 aliphatic carbocycles. The number of likely N-dealkylation sites (tertiary alicyclic amines) is 1. The molecule has 1 aromatic rings. The molecule has 0 spiro atoms. The van der Waals surface area contributed by atoms with E-state index in [1.54, 1.807) is 4.90 Å². The van der Waals surface area contributed by atoms with Gasteiger partial charge in [-0.25, -0.2) is 4.39 Å². The predicted octanol–water partition coefficient (Wildman–Crippen LogP) is 0.778. The van der Waals surface area contributed by atoms with E-state index in [1.165, 1.54) is 12.1 Å². The number of aliphatic hydroxyl groups is 1. The molecule has 6 heteroatoms. The summed E-state index contributed by atoms with van der Waals surface area (Å²) in [5.74, 6) is -1.00. The summed E-state index contributed by atoms with van der Waals surface area (Å²) in [5.41, 5.74) is -0.274. The molecular formula is C15H15FN2O3. The molecule has 2 heterocycles. The van der Waals surface area contributed by atoms with E-state index >= 15 is 0 Å². The smallest absolute Gasteiger partial charge is 0.256 e. The third-order valence-corrected chi connectivity index (χ3v) is 4.45. The summed E-state index contributed by atoms with van der Waals surface area (Å²) < 4.78 is 19.3. The van der Waals surface area contributed by atoms with Gasteiger partial charge in [-0.3, -0.25) is 4.79 Å². The van der Waals surface area contributed by atoms with E-state index in [-0.39, 0.29) is 23.7 Å². The predicted molar refractivity (Wildman–Crippen MR) is 70.8 cm³/mol. The molecule has 0 bridgehead atoms. The van der Waals surface area contributed by atoms with Gasteiger partial charge in [0.15, 0.2) is 0 Å². The van der Waals surface area contributed by atoms with Crippen LogP contribution in [-0.4, -0.2) is 48.8 Å². The largest absolute Gasteiger partial charge is 0.396 e. The molecule has 2 aliphatic rings. The molecule has 0 unspecified atom stereocenters. The van der Waals surface area contributed by atoms with Gasteiger partial charge in [0.1, 0.15) is 5.82 Å². The Bertz CT molecular complexity index is 628. The molecule has 1 aromatic carbocycles. The Balaban J connectivity index is 1.83. The minimum Gasteiger partial charge on any atom is -0.396 e. The zero-order valence-corrected chi connectivity index (χ0v) is 11.4. The number of halogens is 1. The Hall–Kier alpha value is -1.97. The van der Waals surface area contributed by atoms with Crippen LogP contribution in [0.4, 0.5) is 4.39 Å². The van der Waals surface area contributed by atoms with E-state index in [0.717, 1.165) is 6.07 Å². The number of carbonyl (C=O) groups is 1. The average molecular weight is 290 g/mol. The van der Waals surface area contributed by atoms with Crippen molar-refractivity contribution in [2.24, 2.45) is 11.3 Å². The van der Waals surface area contributed by atoms with Crippen molar-refractivity contribution in [3.8, 4) is 6.07 Å². The van der Waals surface area contributed by atoms with Gasteiger partial charge in [-0.05, 0) is 18.2 Å². The second-order valence-corrected chi connectivity index (χ2v) is 5.72. The molecule has 0 saturated carbocycles. The lowest BCUT2D eigenvalue weighted by Crippen LogP contribution is -2.36. The van der Waals surface area contributed by atoms with Crippen LogP contribution < -0.4 is 0 Å². The van der Waals surface area contributed by atoms with Gasteiger partial charge in [0.2, 0.25) is 0 Å². The summed E-state index contributed by atoms with van der Waals surface area (Å²) in [6.07, 6.45) is 0. The van der Waals surface area contributed by atoms with Gasteiger partial charge >= 0.3 is 0 Å². The monoisotopic (exact) mass is 290 g/mol. The molecule has 2 fully saturated rings. The molecule has 5 nitrogen and oxygen atoms in total. The second-order valence-electron chi connectivity index (χ2n) is 5.72. The van der Waals surface area contributed by atoms with Crippen LogP contribution in [0.15, 0.2) is 18.2 Å². The fraction of sp³-hybridized carbons (Fsp3) is 0.467. The van der Waals surface area contributed by atoms with E-state index in [2.05, 4.69) is 0 Å². The number of nitrogens with zero attached hydrogens (tertiary/aromatic N) is 2. The normalized spacial score (nSPS) is 27.5. The molecule has 21 heavy (non-hydrogen) atoms. The maximum Gasteiger partial charge on any atom is 0.256 e. The number of hydrogen-bond acceptors (Lipinski definition) is 4. The number of rotatable bonds is 2. The Kier molecular flexibility index (Phi) is 3.40. The Morgan fingerprint density at radius 2 is 2.43 bits per heavy atom. The van der Waals surface area contributed by atoms with Gasteiger partial charge < -0.3 is 14.7 Å². The van der Waals surface area contributed by atoms with Gasteiger partial charge in [-0.2, -0.15) is 5.26 Å². The number of carbonyl (C=O) groups excluding carboxylic acids is 1. The molecule has 2 saturated heterocycles. The fourth-order valence-electron chi connectivity index (χ4n) is 3.14. The molecule has 110 valence electrons. The molecular weight excluding hydrogens is 275 g/mol. The number of nitriles is 1. The van der Waals surface area contributed by atoms with E-state index in [4.69, 9.17) is 10.00 Å². The van der Waals surface area contributed by atoms with Crippen LogP contribution in [0.1, 0.15) is 15.9 Å². The maximum atomic E-state index is 13.9. The fourth-order valence-corrected chi connectivity index (χ4v) is 3.14. The first-order valence-electron chi connectivity index (χ1n) is 6.77. The Morgan fingerprint density at radius 3 is 3.05 bits per heavy atom. The van der Waals surface area contributed by atoms with Crippen molar-refractivity contribution in [2.45, 2.75) is 0 Å². The van der Waals surface area contributed by atoms with Crippen molar-refractivity contribution in [1.29, 1.82) is 5.26 Å². The van der Waals surface area contributed by atoms with Crippen LogP contribution in [0.3, 0.4) is 0 Å². The van der Waals surface area contributed by atoms with Crippen LogP contribution in [0.5, 0.6) is 0 Å². The topological polar surface area (TPSA) is 73.6 Å². The van der Waals surface area contributed by atoms with Crippen molar-refractivity contribution in [3.05, 3.63) is 35.1 Å². The van der Waals surface area contributed by atoms with Crippen LogP contribution in [0, 0.1) is 28.5 Å². The molecule has 0 radical (unpaired) electrons. The summed E-state index contributed by atoms with van der Waals surface area (Å²) in [7, 11) is 0. The molecule has 3 rings (SSSR count). The Labute approximate surface area is 121 Å². The maximum absolute atomic E-state index is 13.9. The third kappa shape index (κ3) is 2.19. The highest BCUT2D eigenvalue weighted by atomic mass is 19.1. The van der Waals surface area contributed by atoms with Crippen LogP contribution in [0.2, 0.25) is 0 Å². The van der Waals surface area contributed by atoms with Crippen molar-refractivity contribution >= 4 is 5.91 Å². The third-order valence-electron chi connectivity index (χ3n) is 4.45. The highest BCUT2D eigenvalue weighted by Crippen LogP contribution is 2.41. The number of benzene rings is 1. The molecule has 1 amide bonds. The van der Waals surface area contributed by atoms with Crippen LogP contribution >= 0.6 is 0 Å². The zero-order chi connectivity index (χ0) is 15.0. The molecule has 0 aromatic heterocycles. The lowest BCUT2D eigenvalue weighted by atomic mass is 9.82. The van der Waals surface area contributed by atoms with Gasteiger partial charge in [-0.1, -0.05) is 0 Å². The van der Waals surface area contributed by atoms with Crippen LogP contribution in [0.25, 0.3) is 0 Å². The number of hydrogen-bond donors (Lipinski definition) is 1. The first-order chi connectivity index (χ1) is 10.1. The zero-order valence-electron chi connectivity index (χ0n) is 11.4. The standard InChI is InChI=1S/C15H15FN2O3/c16-13-3-10(4-17)1-2-12(13)14(20)18-5-11-6-21-9-15(11,7-18)8-19/h1-3,11,19H,5-9H2/t11-,15-/m0/s1. The minimum atomic E-state index is -0.689. The highest BCUT2D eigenvalue weighted by Gasteiger charge is 2.51. The number of amides is 1. The average Bonchev–Trinajstić information content (AvgIpc) is 3.03. The lowest BCUT2D eigenvalue weighted by molar-refractivity contribution is 0.0627. The first-order valence-corrected chi connectivity index (χ1v) is 6.77. The van der Waals surface area contributed by atoms with E-state index in [9.17, 15) is 14.3 Å². The number of fused-ring (bicyclic) bond motifs is 1. The molecule has 2 aliphatic heterocycles. The van der Waals surface area contributed by atoms with Gasteiger partial charge in [0, 0.05) is 24.4 Å². The SMILES string of the molecule is N#Cc1ccc(C(=O)N2C[C@H]3COC[C@@]3(CO)C2)c(F)c1. The second kappa shape index (κ2) is 5.10. The summed E-state index contributed by atoms with van der Waals surface area (Å²) in [6.45, 7) is 1.72. The lowest BCUT2D eigenvalue weighted by Gasteiger charge is -2.24. The van der Waals surface area contributed by atoms with Gasteiger partial charge in [0.05, 0.1) is 37.0 Å². The Morgan fingerprint density at radius 1 is 1.62 bits per heavy atom. The summed E-state index contributed by atoms with van der Waals surface area (Å²) in [4.78, 5) is 14.0. The van der Waals surface area contributed by atoms with Crippen molar-refractivity contribution in [2.75, 3.05) is 32.9 Å². The van der Waals surface area contributed by atoms with Crippen molar-refractivity contribution in [3.63, 3.8) is 0 Å². The number of aliphatic hydroxyl groups excluding tert-OH is 1. The van der Waals surface area contributed by atoms with Crippen molar-refractivity contribution < 1.29 is 19.0 Å². The van der Waals surface area contributed by atoms with E-state index in [0.29, 0.717) is 26.3 Å². The van der Waals surface area contributed by atoms with Gasteiger partial charge in [0.25, 0.3) is 5.91 Å². The molecule has 1 N–H and O–H groups in total. The van der Waals surface area contributed by atoms with Gasteiger partial charge in [-0.15, -0.1) is 0 Å². The molecule has 2 atom stereocenters.